The van der Waals surface area contributed by atoms with E-state index >= 15 is 0 Å². The third kappa shape index (κ3) is 3.73. The largest absolute Gasteiger partial charge is 0.494 e. The third-order valence-electron chi connectivity index (χ3n) is 3.48. The van der Waals surface area contributed by atoms with Crippen molar-refractivity contribution >= 4 is 17.1 Å². The highest BCUT2D eigenvalue weighted by molar-refractivity contribution is 7.17. The molecule has 0 aliphatic heterocycles. The highest BCUT2D eigenvalue weighted by atomic mass is 32.1. The first-order chi connectivity index (χ1) is 10.9. The summed E-state index contributed by atoms with van der Waals surface area (Å²) < 4.78 is 32.7. The number of thiazole rings is 1. The Hall–Kier alpha value is -1.86. The fraction of sp³-hybridized carbons (Fsp3) is 0.375. The fourth-order valence-corrected chi connectivity index (χ4v) is 3.06. The van der Waals surface area contributed by atoms with E-state index in [-0.39, 0.29) is 28.6 Å². The van der Waals surface area contributed by atoms with E-state index in [0.717, 1.165) is 30.0 Å². The van der Waals surface area contributed by atoms with Crippen LogP contribution >= 0.6 is 11.3 Å². The first-order valence-electron chi connectivity index (χ1n) is 7.09. The number of benzene rings is 1. The fourth-order valence-electron chi connectivity index (χ4n) is 2.05. The van der Waals surface area contributed by atoms with Gasteiger partial charge in [-0.15, -0.1) is 11.3 Å². The van der Waals surface area contributed by atoms with Crippen LogP contribution in [-0.4, -0.2) is 42.9 Å². The Labute approximate surface area is 137 Å². The number of rotatable bonds is 6. The third-order valence-corrected chi connectivity index (χ3v) is 4.71. The average molecular weight is 340 g/mol. The van der Waals surface area contributed by atoms with Crippen molar-refractivity contribution in [2.75, 3.05) is 27.2 Å². The van der Waals surface area contributed by atoms with Crippen molar-refractivity contribution in [2.24, 2.45) is 0 Å². The van der Waals surface area contributed by atoms with E-state index in [9.17, 15) is 13.6 Å². The van der Waals surface area contributed by atoms with Crippen molar-refractivity contribution in [3.8, 4) is 16.3 Å². The molecular formula is C16H18F2N2O2S. The zero-order valence-corrected chi connectivity index (χ0v) is 14.3. The molecule has 2 rings (SSSR count). The van der Waals surface area contributed by atoms with Gasteiger partial charge in [0.05, 0.1) is 24.2 Å². The molecule has 0 amide bonds. The van der Waals surface area contributed by atoms with Gasteiger partial charge in [-0.25, -0.2) is 13.8 Å². The summed E-state index contributed by atoms with van der Waals surface area (Å²) in [4.78, 5) is 18.8. The number of aryl methyl sites for hydroxylation is 1. The van der Waals surface area contributed by atoms with Crippen molar-refractivity contribution < 1.29 is 18.3 Å². The minimum Gasteiger partial charge on any atom is -0.494 e. The molecule has 7 heteroatoms. The topological polar surface area (TPSA) is 42.4 Å². The molecule has 0 aliphatic rings. The molecule has 1 aromatic heterocycles. The van der Waals surface area contributed by atoms with E-state index in [4.69, 9.17) is 4.74 Å². The van der Waals surface area contributed by atoms with Crippen LogP contribution in [0.3, 0.4) is 0 Å². The summed E-state index contributed by atoms with van der Waals surface area (Å²) in [7, 11) is 3.11. The van der Waals surface area contributed by atoms with Crippen LogP contribution in [0.5, 0.6) is 5.75 Å². The minimum atomic E-state index is -0.671. The molecular weight excluding hydrogens is 322 g/mol. The normalized spacial score (nSPS) is 11.1. The van der Waals surface area contributed by atoms with Gasteiger partial charge in [0.1, 0.15) is 10.8 Å². The molecule has 0 aliphatic carbocycles. The predicted octanol–water partition coefficient (Wildman–Crippen LogP) is 3.54. The molecule has 0 atom stereocenters. The lowest BCUT2D eigenvalue weighted by Gasteiger charge is -2.11. The molecule has 0 spiro atoms. The molecule has 0 unspecified atom stereocenters. The molecule has 23 heavy (non-hydrogen) atoms. The summed E-state index contributed by atoms with van der Waals surface area (Å²) >= 11 is 1.07. The molecule has 1 heterocycles. The number of carbonyl (C=O) groups is 1. The van der Waals surface area contributed by atoms with Crippen LogP contribution in [0.1, 0.15) is 22.3 Å². The number of nitrogens with zero attached hydrogens (tertiary/aromatic N) is 2. The number of carbonyl (C=O) groups excluding carboxylic acids is 1. The van der Waals surface area contributed by atoms with Crippen molar-refractivity contribution in [2.45, 2.75) is 13.8 Å². The Kier molecular flexibility index (Phi) is 5.43. The van der Waals surface area contributed by atoms with Gasteiger partial charge in [0, 0.05) is 11.6 Å². The van der Waals surface area contributed by atoms with Crippen LogP contribution in [-0.2, 0) is 0 Å². The molecule has 0 radical (unpaired) electrons. The summed E-state index contributed by atoms with van der Waals surface area (Å²) in [5.41, 5.74) is 0.550. The number of aromatic nitrogens is 1. The highest BCUT2D eigenvalue weighted by Gasteiger charge is 2.20. The number of ketones is 1. The first-order valence-corrected chi connectivity index (χ1v) is 7.91. The molecule has 0 N–H and O–H groups in total. The number of hydrogen-bond acceptors (Lipinski definition) is 5. The summed E-state index contributed by atoms with van der Waals surface area (Å²) in [6.07, 6.45) is 0. The standard InChI is InChI=1S/C16H18F2N2O2S/c1-5-20(3)8-13(21)15-9(2)19-16(23-15)10-6-12(18)14(22-4)7-11(10)17/h6-7H,5,8H2,1-4H3. The quantitative estimate of drug-likeness (QED) is 0.755. The van der Waals surface area contributed by atoms with Gasteiger partial charge in [0.2, 0.25) is 0 Å². The van der Waals surface area contributed by atoms with Crippen molar-refractivity contribution in [1.29, 1.82) is 0 Å². The predicted molar refractivity (Wildman–Crippen MR) is 86.3 cm³/mol. The number of halogens is 2. The van der Waals surface area contributed by atoms with E-state index in [1.54, 1.807) is 6.92 Å². The number of Topliss-reactive ketones (excluding diaryl/α,β-unsaturated/α-hetero) is 1. The van der Waals surface area contributed by atoms with Crippen LogP contribution < -0.4 is 4.74 Å². The number of likely N-dealkylation sites (N-methyl/N-ethyl adjacent to an activating group) is 1. The zero-order valence-electron chi connectivity index (χ0n) is 13.4. The summed E-state index contributed by atoms with van der Waals surface area (Å²) in [5, 5.41) is 0.282. The molecule has 0 saturated heterocycles. The maximum Gasteiger partial charge on any atom is 0.188 e. The van der Waals surface area contributed by atoms with E-state index in [2.05, 4.69) is 4.98 Å². The molecule has 4 nitrogen and oxygen atoms in total. The second kappa shape index (κ2) is 7.14. The van der Waals surface area contributed by atoms with Gasteiger partial charge in [-0.1, -0.05) is 6.92 Å². The lowest BCUT2D eigenvalue weighted by molar-refractivity contribution is 0.0952. The molecule has 1 aromatic carbocycles. The second-order valence-electron chi connectivity index (χ2n) is 5.15. The molecule has 0 saturated carbocycles. The monoisotopic (exact) mass is 340 g/mol. The molecule has 2 aromatic rings. The maximum atomic E-state index is 14.1. The number of methoxy groups -OCH3 is 1. The van der Waals surface area contributed by atoms with E-state index in [1.807, 2.05) is 18.9 Å². The van der Waals surface area contributed by atoms with Gasteiger partial charge in [-0.2, -0.15) is 0 Å². The number of hydrogen-bond donors (Lipinski definition) is 0. The second-order valence-corrected chi connectivity index (χ2v) is 6.15. The Morgan fingerprint density at radius 3 is 2.65 bits per heavy atom. The van der Waals surface area contributed by atoms with Crippen molar-refractivity contribution in [3.63, 3.8) is 0 Å². The van der Waals surface area contributed by atoms with Gasteiger partial charge in [0.25, 0.3) is 0 Å². The zero-order chi connectivity index (χ0) is 17.1. The molecule has 124 valence electrons. The van der Waals surface area contributed by atoms with E-state index < -0.39 is 11.6 Å². The van der Waals surface area contributed by atoms with Crippen LogP contribution in [0.4, 0.5) is 8.78 Å². The van der Waals surface area contributed by atoms with Gasteiger partial charge >= 0.3 is 0 Å². The van der Waals surface area contributed by atoms with E-state index in [0.29, 0.717) is 10.6 Å². The van der Waals surface area contributed by atoms with Crippen LogP contribution in [0.15, 0.2) is 12.1 Å². The lowest BCUT2D eigenvalue weighted by atomic mass is 10.2. The molecule has 0 bridgehead atoms. The summed E-state index contributed by atoms with van der Waals surface area (Å²) in [5.74, 6) is -1.55. The van der Waals surface area contributed by atoms with E-state index in [1.165, 1.54) is 7.11 Å². The maximum absolute atomic E-state index is 14.1. The SMILES string of the molecule is CCN(C)CC(=O)c1sc(-c2cc(F)c(OC)cc2F)nc1C. The molecule has 0 fully saturated rings. The van der Waals surface area contributed by atoms with Gasteiger partial charge in [-0.05, 0) is 26.6 Å². The van der Waals surface area contributed by atoms with Gasteiger partial charge < -0.3 is 4.74 Å². The first kappa shape index (κ1) is 17.5. The minimum absolute atomic E-state index is 0.0271. The summed E-state index contributed by atoms with van der Waals surface area (Å²) in [6, 6.07) is 2.02. The lowest BCUT2D eigenvalue weighted by Crippen LogP contribution is -2.25. The highest BCUT2D eigenvalue weighted by Crippen LogP contribution is 2.33. The Morgan fingerprint density at radius 1 is 1.35 bits per heavy atom. The van der Waals surface area contributed by atoms with Crippen LogP contribution in [0.2, 0.25) is 0 Å². The Bertz CT molecular complexity index is 731. The number of ether oxygens (including phenoxy) is 1. The smallest absolute Gasteiger partial charge is 0.188 e. The van der Waals surface area contributed by atoms with Crippen molar-refractivity contribution in [3.05, 3.63) is 34.3 Å². The van der Waals surface area contributed by atoms with Gasteiger partial charge in [0.15, 0.2) is 17.3 Å². The van der Waals surface area contributed by atoms with Crippen LogP contribution in [0, 0.1) is 18.6 Å². The average Bonchev–Trinajstić information content (AvgIpc) is 2.90. The van der Waals surface area contributed by atoms with Crippen molar-refractivity contribution in [1.82, 2.24) is 9.88 Å². The van der Waals surface area contributed by atoms with Crippen LogP contribution in [0.25, 0.3) is 10.6 Å². The van der Waals surface area contributed by atoms with Gasteiger partial charge in [-0.3, -0.25) is 9.69 Å². The Morgan fingerprint density at radius 2 is 2.04 bits per heavy atom. The summed E-state index contributed by atoms with van der Waals surface area (Å²) in [6.45, 7) is 4.65. The Balaban J connectivity index is 2.38.